The van der Waals surface area contributed by atoms with Crippen LogP contribution >= 0.6 is 11.6 Å². The topological polar surface area (TPSA) is 29.0 Å². The molecular formula is C11H16ClN3. The summed E-state index contributed by atoms with van der Waals surface area (Å²) in [6.07, 6.45) is 6.98. The van der Waals surface area contributed by atoms with Gasteiger partial charge in [0, 0.05) is 13.1 Å². The lowest BCUT2D eigenvalue weighted by Crippen LogP contribution is -2.25. The second kappa shape index (κ2) is 4.79. The fourth-order valence-corrected chi connectivity index (χ4v) is 2.24. The first-order valence-corrected chi connectivity index (χ1v) is 5.85. The largest absolute Gasteiger partial charge is 0.355 e. The van der Waals surface area contributed by atoms with E-state index < -0.39 is 0 Å². The zero-order valence-corrected chi connectivity index (χ0v) is 9.74. The predicted octanol–water partition coefficient (Wildman–Crippen LogP) is 2.76. The molecule has 1 atom stereocenters. The van der Waals surface area contributed by atoms with Crippen LogP contribution in [0.3, 0.4) is 0 Å². The van der Waals surface area contributed by atoms with E-state index in [4.69, 9.17) is 11.6 Å². The monoisotopic (exact) mass is 225 g/mol. The maximum Gasteiger partial charge on any atom is 0.150 e. The molecule has 1 aromatic rings. The molecule has 1 fully saturated rings. The standard InChI is InChI=1S/C11H16ClN3/c1-9-3-2-5-15(6-4-9)11-10(12)7-13-8-14-11/h7-9H,2-6H2,1H3/t9-/m0/s1. The molecule has 82 valence electrons. The smallest absolute Gasteiger partial charge is 0.150 e. The quantitative estimate of drug-likeness (QED) is 0.736. The molecule has 0 saturated carbocycles. The van der Waals surface area contributed by atoms with Crippen molar-refractivity contribution in [3.05, 3.63) is 17.5 Å². The Morgan fingerprint density at radius 2 is 2.27 bits per heavy atom. The van der Waals surface area contributed by atoms with Gasteiger partial charge in [0.15, 0.2) is 5.82 Å². The van der Waals surface area contributed by atoms with E-state index in [9.17, 15) is 0 Å². The van der Waals surface area contributed by atoms with Crippen molar-refractivity contribution in [3.63, 3.8) is 0 Å². The van der Waals surface area contributed by atoms with Crippen LogP contribution in [-0.4, -0.2) is 23.1 Å². The molecule has 0 bridgehead atoms. The summed E-state index contributed by atoms with van der Waals surface area (Å²) >= 11 is 6.08. The van der Waals surface area contributed by atoms with Crippen molar-refractivity contribution in [1.82, 2.24) is 9.97 Å². The zero-order valence-electron chi connectivity index (χ0n) is 8.99. The third kappa shape index (κ3) is 2.59. The first kappa shape index (κ1) is 10.7. The van der Waals surface area contributed by atoms with E-state index in [1.165, 1.54) is 19.3 Å². The molecule has 0 unspecified atom stereocenters. The Kier molecular flexibility index (Phi) is 3.41. The summed E-state index contributed by atoms with van der Waals surface area (Å²) in [6.45, 7) is 4.42. The molecule has 0 spiro atoms. The Labute approximate surface area is 95.5 Å². The Balaban J connectivity index is 2.13. The Morgan fingerprint density at radius 1 is 1.40 bits per heavy atom. The molecule has 3 nitrogen and oxygen atoms in total. The third-order valence-electron chi connectivity index (χ3n) is 2.96. The van der Waals surface area contributed by atoms with Gasteiger partial charge >= 0.3 is 0 Å². The Hall–Kier alpha value is -0.830. The summed E-state index contributed by atoms with van der Waals surface area (Å²) in [6, 6.07) is 0. The number of hydrogen-bond acceptors (Lipinski definition) is 3. The van der Waals surface area contributed by atoms with Crippen molar-refractivity contribution >= 4 is 17.4 Å². The molecule has 0 aromatic carbocycles. The average Bonchev–Trinajstić information content (AvgIpc) is 2.44. The van der Waals surface area contributed by atoms with E-state index in [0.717, 1.165) is 24.8 Å². The summed E-state index contributed by atoms with van der Waals surface area (Å²) in [5, 5.41) is 0.659. The van der Waals surface area contributed by atoms with Gasteiger partial charge in [-0.15, -0.1) is 0 Å². The van der Waals surface area contributed by atoms with Crippen molar-refractivity contribution in [1.29, 1.82) is 0 Å². The molecule has 1 saturated heterocycles. The second-order valence-electron chi connectivity index (χ2n) is 4.22. The molecule has 4 heteroatoms. The van der Waals surface area contributed by atoms with Crippen LogP contribution in [-0.2, 0) is 0 Å². The van der Waals surface area contributed by atoms with E-state index in [1.54, 1.807) is 12.5 Å². The fraction of sp³-hybridized carbons (Fsp3) is 0.636. The molecule has 0 aliphatic carbocycles. The van der Waals surface area contributed by atoms with Crippen LogP contribution in [0.25, 0.3) is 0 Å². The Morgan fingerprint density at radius 3 is 3.07 bits per heavy atom. The molecule has 1 aliphatic rings. The van der Waals surface area contributed by atoms with Gasteiger partial charge in [0.05, 0.1) is 6.20 Å². The number of halogens is 1. The van der Waals surface area contributed by atoms with Crippen LogP contribution in [0.15, 0.2) is 12.5 Å². The molecule has 0 radical (unpaired) electrons. The second-order valence-corrected chi connectivity index (χ2v) is 4.62. The van der Waals surface area contributed by atoms with Crippen LogP contribution < -0.4 is 4.90 Å². The zero-order chi connectivity index (χ0) is 10.7. The van der Waals surface area contributed by atoms with Gasteiger partial charge in [-0.1, -0.05) is 18.5 Å². The van der Waals surface area contributed by atoms with E-state index in [1.807, 2.05) is 0 Å². The summed E-state index contributed by atoms with van der Waals surface area (Å²) in [7, 11) is 0. The van der Waals surface area contributed by atoms with Gasteiger partial charge in [0.2, 0.25) is 0 Å². The number of aromatic nitrogens is 2. The Bertz CT molecular complexity index is 329. The van der Waals surface area contributed by atoms with Crippen molar-refractivity contribution in [3.8, 4) is 0 Å². The molecule has 2 heterocycles. The number of anilines is 1. The highest BCUT2D eigenvalue weighted by molar-refractivity contribution is 6.32. The molecule has 0 amide bonds. The molecule has 0 N–H and O–H groups in total. The first-order valence-electron chi connectivity index (χ1n) is 5.48. The van der Waals surface area contributed by atoms with Gasteiger partial charge in [-0.2, -0.15) is 0 Å². The fourth-order valence-electron chi connectivity index (χ4n) is 2.01. The van der Waals surface area contributed by atoms with Crippen LogP contribution in [0.1, 0.15) is 26.2 Å². The number of rotatable bonds is 1. The highest BCUT2D eigenvalue weighted by atomic mass is 35.5. The van der Waals surface area contributed by atoms with Crippen LogP contribution in [0.2, 0.25) is 5.02 Å². The number of hydrogen-bond donors (Lipinski definition) is 0. The minimum absolute atomic E-state index is 0.659. The minimum atomic E-state index is 0.659. The van der Waals surface area contributed by atoms with Crippen LogP contribution in [0, 0.1) is 5.92 Å². The predicted molar refractivity (Wildman–Crippen MR) is 62.3 cm³/mol. The van der Waals surface area contributed by atoms with Crippen molar-refractivity contribution in [2.24, 2.45) is 5.92 Å². The van der Waals surface area contributed by atoms with Gasteiger partial charge in [-0.3, -0.25) is 0 Å². The molecular weight excluding hydrogens is 210 g/mol. The van der Waals surface area contributed by atoms with Gasteiger partial charge < -0.3 is 4.90 Å². The van der Waals surface area contributed by atoms with Gasteiger partial charge in [0.1, 0.15) is 11.3 Å². The third-order valence-corrected chi connectivity index (χ3v) is 3.23. The van der Waals surface area contributed by atoms with Crippen LogP contribution in [0.5, 0.6) is 0 Å². The average molecular weight is 226 g/mol. The number of nitrogens with zero attached hydrogens (tertiary/aromatic N) is 3. The maximum absolute atomic E-state index is 6.08. The van der Waals surface area contributed by atoms with E-state index in [0.29, 0.717) is 5.02 Å². The van der Waals surface area contributed by atoms with E-state index in [-0.39, 0.29) is 0 Å². The van der Waals surface area contributed by atoms with Crippen LogP contribution in [0.4, 0.5) is 5.82 Å². The summed E-state index contributed by atoms with van der Waals surface area (Å²) in [5.41, 5.74) is 0. The minimum Gasteiger partial charge on any atom is -0.355 e. The first-order chi connectivity index (χ1) is 7.27. The van der Waals surface area contributed by atoms with Crippen molar-refractivity contribution < 1.29 is 0 Å². The van der Waals surface area contributed by atoms with Gasteiger partial charge in [0.25, 0.3) is 0 Å². The molecule has 1 aliphatic heterocycles. The summed E-state index contributed by atoms with van der Waals surface area (Å²) in [4.78, 5) is 10.4. The van der Waals surface area contributed by atoms with Gasteiger partial charge in [-0.25, -0.2) is 9.97 Å². The molecule has 15 heavy (non-hydrogen) atoms. The summed E-state index contributed by atoms with van der Waals surface area (Å²) < 4.78 is 0. The normalized spacial score (nSPS) is 22.5. The lowest BCUT2D eigenvalue weighted by Gasteiger charge is -2.21. The highest BCUT2D eigenvalue weighted by Crippen LogP contribution is 2.25. The molecule has 1 aromatic heterocycles. The SMILES string of the molecule is C[C@H]1CCCN(c2ncncc2Cl)CC1. The van der Waals surface area contributed by atoms with Gasteiger partial charge in [-0.05, 0) is 25.2 Å². The molecule has 2 rings (SSSR count). The van der Waals surface area contributed by atoms with Crippen molar-refractivity contribution in [2.75, 3.05) is 18.0 Å². The van der Waals surface area contributed by atoms with Crippen molar-refractivity contribution in [2.45, 2.75) is 26.2 Å². The summed E-state index contributed by atoms with van der Waals surface area (Å²) in [5.74, 6) is 1.70. The lowest BCUT2D eigenvalue weighted by molar-refractivity contribution is 0.521. The van der Waals surface area contributed by atoms with E-state index >= 15 is 0 Å². The van der Waals surface area contributed by atoms with E-state index in [2.05, 4.69) is 21.8 Å². The maximum atomic E-state index is 6.08. The lowest BCUT2D eigenvalue weighted by atomic mass is 10.0. The highest BCUT2D eigenvalue weighted by Gasteiger charge is 2.16.